The zero-order valence-electron chi connectivity index (χ0n) is 14.4. The standard InChI is InChI=1S/C20H21NO2S/c1-5-14-15-10-12(2)13(3)11-17(15)23-19(14)20(22)21-16-8-6-7-9-18(16)24-4/h6-11H,5H2,1-4H3,(H,21,22). The van der Waals surface area contributed by atoms with Crippen molar-refractivity contribution in [2.24, 2.45) is 0 Å². The lowest BCUT2D eigenvalue weighted by Gasteiger charge is -2.08. The van der Waals surface area contributed by atoms with Gasteiger partial charge in [-0.2, -0.15) is 0 Å². The molecular weight excluding hydrogens is 318 g/mol. The van der Waals surface area contributed by atoms with Gasteiger partial charge in [0.1, 0.15) is 5.58 Å². The van der Waals surface area contributed by atoms with E-state index < -0.39 is 0 Å². The van der Waals surface area contributed by atoms with Crippen LogP contribution in [0.15, 0.2) is 45.7 Å². The van der Waals surface area contributed by atoms with Crippen molar-refractivity contribution in [3.8, 4) is 0 Å². The van der Waals surface area contributed by atoms with Gasteiger partial charge in [-0.3, -0.25) is 4.79 Å². The second-order valence-corrected chi connectivity index (χ2v) is 6.70. The van der Waals surface area contributed by atoms with Gasteiger partial charge >= 0.3 is 0 Å². The molecule has 124 valence electrons. The first-order valence-electron chi connectivity index (χ1n) is 8.02. The van der Waals surface area contributed by atoms with Gasteiger partial charge in [-0.1, -0.05) is 19.1 Å². The lowest BCUT2D eigenvalue weighted by Crippen LogP contribution is -2.13. The monoisotopic (exact) mass is 339 g/mol. The molecule has 0 aliphatic rings. The van der Waals surface area contributed by atoms with Crippen LogP contribution in [-0.4, -0.2) is 12.2 Å². The summed E-state index contributed by atoms with van der Waals surface area (Å²) < 4.78 is 5.91. The normalized spacial score (nSPS) is 11.0. The van der Waals surface area contributed by atoms with Crippen molar-refractivity contribution in [1.29, 1.82) is 0 Å². The number of fused-ring (bicyclic) bond motifs is 1. The summed E-state index contributed by atoms with van der Waals surface area (Å²) in [5.74, 6) is 0.216. The smallest absolute Gasteiger partial charge is 0.291 e. The quantitative estimate of drug-likeness (QED) is 0.630. The first kappa shape index (κ1) is 16.7. The molecule has 0 atom stereocenters. The maximum absolute atomic E-state index is 12.8. The van der Waals surface area contributed by atoms with E-state index in [1.165, 1.54) is 11.1 Å². The number of nitrogens with one attached hydrogen (secondary N) is 1. The highest BCUT2D eigenvalue weighted by Crippen LogP contribution is 2.31. The fourth-order valence-corrected chi connectivity index (χ4v) is 3.42. The van der Waals surface area contributed by atoms with Gasteiger partial charge in [-0.25, -0.2) is 0 Å². The number of amides is 1. The summed E-state index contributed by atoms with van der Waals surface area (Å²) in [4.78, 5) is 13.8. The summed E-state index contributed by atoms with van der Waals surface area (Å²) in [6.07, 6.45) is 2.75. The SMILES string of the molecule is CCc1c(C(=O)Nc2ccccc2SC)oc2cc(C)c(C)cc12. The van der Waals surface area contributed by atoms with E-state index in [9.17, 15) is 4.79 Å². The van der Waals surface area contributed by atoms with Gasteiger partial charge in [-0.15, -0.1) is 11.8 Å². The number of anilines is 1. The molecule has 1 amide bonds. The minimum Gasteiger partial charge on any atom is -0.451 e. The maximum atomic E-state index is 12.8. The summed E-state index contributed by atoms with van der Waals surface area (Å²) in [6.45, 7) is 6.18. The van der Waals surface area contributed by atoms with Crippen LogP contribution >= 0.6 is 11.8 Å². The highest BCUT2D eigenvalue weighted by Gasteiger charge is 2.20. The zero-order chi connectivity index (χ0) is 17.3. The van der Waals surface area contributed by atoms with Gasteiger partial charge in [0.2, 0.25) is 0 Å². The van der Waals surface area contributed by atoms with Gasteiger partial charge < -0.3 is 9.73 Å². The van der Waals surface area contributed by atoms with Crippen molar-refractivity contribution in [2.75, 3.05) is 11.6 Å². The Labute approximate surface area is 146 Å². The van der Waals surface area contributed by atoms with Crippen LogP contribution < -0.4 is 5.32 Å². The Morgan fingerprint density at radius 3 is 2.58 bits per heavy atom. The van der Waals surface area contributed by atoms with Crippen LogP contribution in [0.1, 0.15) is 34.2 Å². The molecule has 0 unspecified atom stereocenters. The molecule has 0 saturated carbocycles. The molecule has 3 rings (SSSR count). The lowest BCUT2D eigenvalue weighted by molar-refractivity contribution is 0.0997. The molecule has 0 aliphatic carbocycles. The molecule has 1 heterocycles. The Hall–Kier alpha value is -2.20. The topological polar surface area (TPSA) is 42.2 Å². The molecule has 1 aromatic heterocycles. The molecular formula is C20H21NO2S. The summed E-state index contributed by atoms with van der Waals surface area (Å²) in [5, 5.41) is 4.02. The van der Waals surface area contributed by atoms with Crippen LogP contribution in [0.2, 0.25) is 0 Å². The third-order valence-corrected chi connectivity index (χ3v) is 5.12. The minimum absolute atomic E-state index is 0.195. The lowest BCUT2D eigenvalue weighted by atomic mass is 10.0. The number of furan rings is 1. The molecule has 4 heteroatoms. The van der Waals surface area contributed by atoms with Crippen LogP contribution in [0.3, 0.4) is 0 Å². The number of hydrogen-bond acceptors (Lipinski definition) is 3. The van der Waals surface area contributed by atoms with E-state index in [1.54, 1.807) is 11.8 Å². The van der Waals surface area contributed by atoms with Crippen LogP contribution in [0.4, 0.5) is 5.69 Å². The molecule has 1 N–H and O–H groups in total. The van der Waals surface area contributed by atoms with E-state index in [4.69, 9.17) is 4.42 Å². The summed E-state index contributed by atoms with van der Waals surface area (Å²) in [5.41, 5.74) is 4.92. The second-order valence-electron chi connectivity index (χ2n) is 5.85. The minimum atomic E-state index is -0.195. The largest absolute Gasteiger partial charge is 0.451 e. The van der Waals surface area contributed by atoms with Gasteiger partial charge in [-0.05, 0) is 61.9 Å². The van der Waals surface area contributed by atoms with Gasteiger partial charge in [0, 0.05) is 15.8 Å². The van der Waals surface area contributed by atoms with Crippen molar-refractivity contribution in [3.63, 3.8) is 0 Å². The number of carbonyl (C=O) groups is 1. The van der Waals surface area contributed by atoms with Crippen molar-refractivity contribution < 1.29 is 9.21 Å². The molecule has 24 heavy (non-hydrogen) atoms. The average Bonchev–Trinajstić information content (AvgIpc) is 2.93. The number of para-hydroxylation sites is 1. The molecule has 0 radical (unpaired) electrons. The number of thioether (sulfide) groups is 1. The Balaban J connectivity index is 2.03. The molecule has 0 saturated heterocycles. The van der Waals surface area contributed by atoms with E-state index >= 15 is 0 Å². The maximum Gasteiger partial charge on any atom is 0.291 e. The van der Waals surface area contributed by atoms with E-state index in [0.29, 0.717) is 5.76 Å². The van der Waals surface area contributed by atoms with Crippen molar-refractivity contribution >= 4 is 34.3 Å². The van der Waals surface area contributed by atoms with E-state index in [2.05, 4.69) is 25.2 Å². The first-order valence-corrected chi connectivity index (χ1v) is 9.24. The number of rotatable bonds is 4. The Morgan fingerprint density at radius 1 is 1.17 bits per heavy atom. The fourth-order valence-electron chi connectivity index (χ4n) is 2.87. The van der Waals surface area contributed by atoms with Crippen LogP contribution in [-0.2, 0) is 6.42 Å². The van der Waals surface area contributed by atoms with Gasteiger partial charge in [0.05, 0.1) is 5.69 Å². The van der Waals surface area contributed by atoms with E-state index in [1.807, 2.05) is 43.5 Å². The average molecular weight is 339 g/mol. The Kier molecular flexibility index (Phi) is 4.67. The predicted molar refractivity (Wildman–Crippen MR) is 101 cm³/mol. The zero-order valence-corrected chi connectivity index (χ0v) is 15.2. The molecule has 0 bridgehead atoms. The molecule has 3 aromatic rings. The summed E-state index contributed by atoms with van der Waals surface area (Å²) in [6, 6.07) is 11.9. The molecule has 0 aliphatic heterocycles. The highest BCUT2D eigenvalue weighted by molar-refractivity contribution is 7.98. The van der Waals surface area contributed by atoms with Crippen LogP contribution in [0.25, 0.3) is 11.0 Å². The van der Waals surface area contributed by atoms with Crippen molar-refractivity contribution in [1.82, 2.24) is 0 Å². The second kappa shape index (κ2) is 6.73. The van der Waals surface area contributed by atoms with Crippen LogP contribution in [0, 0.1) is 13.8 Å². The van der Waals surface area contributed by atoms with Crippen molar-refractivity contribution in [2.45, 2.75) is 32.1 Å². The molecule has 2 aromatic carbocycles. The molecule has 0 spiro atoms. The number of carbonyl (C=O) groups excluding carboxylic acids is 1. The fraction of sp³-hybridized carbons (Fsp3) is 0.250. The highest BCUT2D eigenvalue weighted by atomic mass is 32.2. The van der Waals surface area contributed by atoms with Crippen LogP contribution in [0.5, 0.6) is 0 Å². The third-order valence-electron chi connectivity index (χ3n) is 4.32. The Morgan fingerprint density at radius 2 is 1.88 bits per heavy atom. The number of aryl methyl sites for hydroxylation is 3. The van der Waals surface area contributed by atoms with Gasteiger partial charge in [0.15, 0.2) is 5.76 Å². The van der Waals surface area contributed by atoms with E-state index in [-0.39, 0.29) is 5.91 Å². The van der Waals surface area contributed by atoms with Crippen molar-refractivity contribution in [3.05, 3.63) is 58.8 Å². The summed E-state index contributed by atoms with van der Waals surface area (Å²) in [7, 11) is 0. The van der Waals surface area contributed by atoms with E-state index in [0.717, 1.165) is 33.5 Å². The summed E-state index contributed by atoms with van der Waals surface area (Å²) >= 11 is 1.61. The number of benzene rings is 2. The first-order chi connectivity index (χ1) is 11.5. The molecule has 0 fully saturated rings. The predicted octanol–water partition coefficient (Wildman–Crippen LogP) is 5.59. The third kappa shape index (κ3) is 2.94. The Bertz CT molecular complexity index is 911. The number of hydrogen-bond donors (Lipinski definition) is 1. The van der Waals surface area contributed by atoms with Gasteiger partial charge in [0.25, 0.3) is 5.91 Å². The molecule has 3 nitrogen and oxygen atoms in total.